The number of aromatic nitrogens is 2. The predicted molar refractivity (Wildman–Crippen MR) is 50.7 cm³/mol. The largest absolute Gasteiger partial charge is 0.466 e. The van der Waals surface area contributed by atoms with Crippen LogP contribution >= 0.6 is 0 Å². The van der Waals surface area contributed by atoms with Gasteiger partial charge in [-0.3, -0.25) is 9.48 Å². The molecule has 0 bridgehead atoms. The summed E-state index contributed by atoms with van der Waals surface area (Å²) in [6.07, 6.45) is 2.66. The first-order valence-corrected chi connectivity index (χ1v) is 4.88. The SMILES string of the molecule is CCOC(=O)C1CC1c1ccnn1C. The Labute approximate surface area is 82.9 Å². The third kappa shape index (κ3) is 1.52. The summed E-state index contributed by atoms with van der Waals surface area (Å²) in [5.41, 5.74) is 1.13. The molecule has 4 heteroatoms. The first-order valence-electron chi connectivity index (χ1n) is 4.88. The second kappa shape index (κ2) is 3.44. The van der Waals surface area contributed by atoms with Crippen molar-refractivity contribution < 1.29 is 9.53 Å². The van der Waals surface area contributed by atoms with E-state index in [0.29, 0.717) is 12.5 Å². The van der Waals surface area contributed by atoms with Gasteiger partial charge in [-0.05, 0) is 19.4 Å². The van der Waals surface area contributed by atoms with Crippen molar-refractivity contribution in [1.29, 1.82) is 0 Å². The fraction of sp³-hybridized carbons (Fsp3) is 0.600. The quantitative estimate of drug-likeness (QED) is 0.676. The standard InChI is InChI=1S/C10H14N2O2/c1-3-14-10(13)8-6-7(8)9-4-5-11-12(9)2/h4-5,7-8H,3,6H2,1-2H3. The van der Waals surface area contributed by atoms with Crippen LogP contribution in [-0.2, 0) is 16.6 Å². The van der Waals surface area contributed by atoms with Crippen LogP contribution in [0.1, 0.15) is 25.0 Å². The van der Waals surface area contributed by atoms with Gasteiger partial charge in [0.15, 0.2) is 0 Å². The molecule has 1 heterocycles. The van der Waals surface area contributed by atoms with Gasteiger partial charge in [0.1, 0.15) is 0 Å². The molecular weight excluding hydrogens is 180 g/mol. The number of ether oxygens (including phenoxy) is 1. The molecule has 1 fully saturated rings. The molecule has 0 spiro atoms. The van der Waals surface area contributed by atoms with Gasteiger partial charge in [0.05, 0.1) is 12.5 Å². The molecule has 0 aromatic carbocycles. The molecular formula is C10H14N2O2. The van der Waals surface area contributed by atoms with Gasteiger partial charge >= 0.3 is 5.97 Å². The Morgan fingerprint density at radius 2 is 2.57 bits per heavy atom. The van der Waals surface area contributed by atoms with Crippen molar-refractivity contribution in [3.63, 3.8) is 0 Å². The Balaban J connectivity index is 1.99. The lowest BCUT2D eigenvalue weighted by Gasteiger charge is -2.01. The highest BCUT2D eigenvalue weighted by atomic mass is 16.5. The van der Waals surface area contributed by atoms with Gasteiger partial charge in [0, 0.05) is 24.9 Å². The fourth-order valence-electron chi connectivity index (χ4n) is 1.78. The lowest BCUT2D eigenvalue weighted by molar-refractivity contribution is -0.144. The van der Waals surface area contributed by atoms with Crippen molar-refractivity contribution in [1.82, 2.24) is 9.78 Å². The topological polar surface area (TPSA) is 44.1 Å². The van der Waals surface area contributed by atoms with E-state index in [0.717, 1.165) is 12.1 Å². The minimum Gasteiger partial charge on any atom is -0.466 e. The maximum absolute atomic E-state index is 11.4. The smallest absolute Gasteiger partial charge is 0.309 e. The molecule has 0 aliphatic heterocycles. The molecule has 1 aromatic rings. The van der Waals surface area contributed by atoms with E-state index in [1.165, 1.54) is 0 Å². The van der Waals surface area contributed by atoms with Crippen molar-refractivity contribution >= 4 is 5.97 Å². The van der Waals surface area contributed by atoms with Crippen LogP contribution in [0.2, 0.25) is 0 Å². The van der Waals surface area contributed by atoms with E-state index in [1.54, 1.807) is 6.20 Å². The van der Waals surface area contributed by atoms with Crippen LogP contribution < -0.4 is 0 Å². The number of nitrogens with zero attached hydrogens (tertiary/aromatic N) is 2. The summed E-state index contributed by atoms with van der Waals surface area (Å²) in [6.45, 7) is 2.30. The third-order valence-corrected chi connectivity index (χ3v) is 2.62. The summed E-state index contributed by atoms with van der Waals surface area (Å²) < 4.78 is 6.79. The van der Waals surface area contributed by atoms with Crippen molar-refractivity contribution in [3.8, 4) is 0 Å². The Morgan fingerprint density at radius 3 is 3.14 bits per heavy atom. The second-order valence-corrected chi connectivity index (χ2v) is 3.58. The maximum atomic E-state index is 11.4. The van der Waals surface area contributed by atoms with Crippen molar-refractivity contribution in [3.05, 3.63) is 18.0 Å². The number of esters is 1. The van der Waals surface area contributed by atoms with Gasteiger partial charge < -0.3 is 4.74 Å². The van der Waals surface area contributed by atoms with Crippen LogP contribution in [0.5, 0.6) is 0 Å². The highest BCUT2D eigenvalue weighted by Crippen LogP contribution is 2.47. The molecule has 4 nitrogen and oxygen atoms in total. The van der Waals surface area contributed by atoms with Gasteiger partial charge in [-0.2, -0.15) is 5.10 Å². The van der Waals surface area contributed by atoms with Crippen LogP contribution in [0.3, 0.4) is 0 Å². The van der Waals surface area contributed by atoms with Gasteiger partial charge in [-0.1, -0.05) is 0 Å². The van der Waals surface area contributed by atoms with Crippen LogP contribution in [0.15, 0.2) is 12.3 Å². The molecule has 2 atom stereocenters. The van der Waals surface area contributed by atoms with Crippen LogP contribution in [0, 0.1) is 5.92 Å². The third-order valence-electron chi connectivity index (χ3n) is 2.62. The summed E-state index contributed by atoms with van der Waals surface area (Å²) >= 11 is 0. The normalized spacial score (nSPS) is 24.7. The monoisotopic (exact) mass is 194 g/mol. The van der Waals surface area contributed by atoms with Crippen molar-refractivity contribution in [2.75, 3.05) is 6.61 Å². The van der Waals surface area contributed by atoms with E-state index < -0.39 is 0 Å². The second-order valence-electron chi connectivity index (χ2n) is 3.58. The average Bonchev–Trinajstić information content (AvgIpc) is 2.84. The zero-order chi connectivity index (χ0) is 10.1. The average molecular weight is 194 g/mol. The van der Waals surface area contributed by atoms with E-state index in [9.17, 15) is 4.79 Å². The first kappa shape index (κ1) is 9.24. The molecule has 2 unspecified atom stereocenters. The van der Waals surface area contributed by atoms with Gasteiger partial charge in [-0.25, -0.2) is 0 Å². The maximum Gasteiger partial charge on any atom is 0.309 e. The van der Waals surface area contributed by atoms with E-state index >= 15 is 0 Å². The molecule has 76 valence electrons. The van der Waals surface area contributed by atoms with E-state index in [1.807, 2.05) is 24.7 Å². The number of carbonyl (C=O) groups is 1. The Bertz CT molecular complexity index is 346. The molecule has 1 aliphatic carbocycles. The minimum atomic E-state index is -0.0706. The predicted octanol–water partition coefficient (Wildman–Crippen LogP) is 1.09. The van der Waals surface area contributed by atoms with E-state index in [-0.39, 0.29) is 11.9 Å². The zero-order valence-electron chi connectivity index (χ0n) is 8.43. The Kier molecular flexibility index (Phi) is 2.27. The molecule has 1 aromatic heterocycles. The summed E-state index contributed by atoms with van der Waals surface area (Å²) in [5.74, 6) is 0.311. The van der Waals surface area contributed by atoms with Gasteiger partial charge in [0.25, 0.3) is 0 Å². The van der Waals surface area contributed by atoms with Crippen LogP contribution in [-0.4, -0.2) is 22.4 Å². The molecule has 0 amide bonds. The lowest BCUT2D eigenvalue weighted by Crippen LogP contribution is -2.08. The van der Waals surface area contributed by atoms with Crippen molar-refractivity contribution in [2.45, 2.75) is 19.3 Å². The van der Waals surface area contributed by atoms with Crippen molar-refractivity contribution in [2.24, 2.45) is 13.0 Å². The summed E-state index contributed by atoms with van der Waals surface area (Å²) in [4.78, 5) is 11.4. The summed E-state index contributed by atoms with van der Waals surface area (Å²) in [6, 6.07) is 1.96. The number of rotatable bonds is 3. The van der Waals surface area contributed by atoms with Gasteiger partial charge in [0.2, 0.25) is 0 Å². The Morgan fingerprint density at radius 1 is 1.79 bits per heavy atom. The Hall–Kier alpha value is -1.32. The molecule has 2 rings (SSSR count). The fourth-order valence-corrected chi connectivity index (χ4v) is 1.78. The lowest BCUT2D eigenvalue weighted by atomic mass is 10.2. The molecule has 0 saturated heterocycles. The molecule has 14 heavy (non-hydrogen) atoms. The van der Waals surface area contributed by atoms with E-state index in [4.69, 9.17) is 4.74 Å². The molecule has 1 saturated carbocycles. The van der Waals surface area contributed by atoms with Gasteiger partial charge in [-0.15, -0.1) is 0 Å². The number of aryl methyl sites for hydroxylation is 1. The van der Waals surface area contributed by atoms with Crippen LogP contribution in [0.25, 0.3) is 0 Å². The number of hydrogen-bond donors (Lipinski definition) is 0. The zero-order valence-corrected chi connectivity index (χ0v) is 8.43. The molecule has 0 radical (unpaired) electrons. The summed E-state index contributed by atoms with van der Waals surface area (Å²) in [7, 11) is 1.90. The number of hydrogen-bond acceptors (Lipinski definition) is 3. The molecule has 1 aliphatic rings. The first-order chi connectivity index (χ1) is 6.74. The molecule has 0 N–H and O–H groups in total. The minimum absolute atomic E-state index is 0.0605. The summed E-state index contributed by atoms with van der Waals surface area (Å²) in [5, 5.41) is 4.08. The number of carbonyl (C=O) groups excluding carboxylic acids is 1. The highest BCUT2D eigenvalue weighted by Gasteiger charge is 2.46. The van der Waals surface area contributed by atoms with Crippen LogP contribution in [0.4, 0.5) is 0 Å². The van der Waals surface area contributed by atoms with E-state index in [2.05, 4.69) is 5.10 Å². The highest BCUT2D eigenvalue weighted by molar-refractivity contribution is 5.77.